The number of carboxylic acids is 1. The Hall–Kier alpha value is -3.42. The molecule has 6 rings (SSSR count). The number of allylic oxidation sites excluding steroid dienone is 1. The van der Waals surface area contributed by atoms with Crippen molar-refractivity contribution in [2.45, 2.75) is 44.6 Å². The van der Waals surface area contributed by atoms with Crippen LogP contribution in [0.1, 0.15) is 55.2 Å². The molecule has 0 spiro atoms. The number of carboxylic acid groups (broad SMARTS) is 1. The van der Waals surface area contributed by atoms with Crippen LogP contribution in [0.4, 0.5) is 11.4 Å². The minimum Gasteiger partial charge on any atom is -0.480 e. The number of fused-ring (bicyclic) bond motifs is 4. The van der Waals surface area contributed by atoms with Crippen LogP contribution in [0.3, 0.4) is 0 Å². The summed E-state index contributed by atoms with van der Waals surface area (Å²) in [6.45, 7) is 1.63. The average molecular weight is 541 g/mol. The third-order valence-electron chi connectivity index (χ3n) is 7.72. The van der Waals surface area contributed by atoms with Gasteiger partial charge in [0.25, 0.3) is 5.91 Å². The zero-order valence-electron chi connectivity index (χ0n) is 21.1. The van der Waals surface area contributed by atoms with E-state index in [9.17, 15) is 9.59 Å². The van der Waals surface area contributed by atoms with E-state index in [0.717, 1.165) is 23.3 Å². The molecule has 1 saturated carbocycles. The normalized spacial score (nSPS) is 22.1. The first kappa shape index (κ1) is 24.9. The Bertz CT molecular complexity index is 1540. The van der Waals surface area contributed by atoms with Gasteiger partial charge in [-0.25, -0.2) is 0 Å². The smallest absolute Gasteiger partial charge is 0.323 e. The lowest BCUT2D eigenvalue weighted by Crippen LogP contribution is -2.33. The molecular formula is C31H28N2O3S2. The van der Waals surface area contributed by atoms with E-state index < -0.39 is 12.5 Å². The van der Waals surface area contributed by atoms with Crippen LogP contribution in [-0.4, -0.2) is 38.8 Å². The van der Waals surface area contributed by atoms with Gasteiger partial charge in [-0.15, -0.1) is 0 Å². The van der Waals surface area contributed by atoms with Gasteiger partial charge in [-0.1, -0.05) is 73.2 Å². The number of carbonyl (C=O) groups excluding carboxylic acids is 1. The highest BCUT2D eigenvalue weighted by molar-refractivity contribution is 8.26. The number of nitrogens with zero attached hydrogens (tertiary/aromatic N) is 2. The lowest BCUT2D eigenvalue weighted by molar-refractivity contribution is -0.140. The summed E-state index contributed by atoms with van der Waals surface area (Å²) in [5.41, 5.74) is 5.93. The van der Waals surface area contributed by atoms with Gasteiger partial charge in [-0.3, -0.25) is 14.5 Å². The second-order valence-corrected chi connectivity index (χ2v) is 11.8. The molecule has 7 heteroatoms. The van der Waals surface area contributed by atoms with Crippen molar-refractivity contribution >= 4 is 74.5 Å². The van der Waals surface area contributed by atoms with Crippen molar-refractivity contribution in [3.63, 3.8) is 0 Å². The van der Waals surface area contributed by atoms with Gasteiger partial charge in [0.1, 0.15) is 10.9 Å². The van der Waals surface area contributed by atoms with Crippen LogP contribution < -0.4 is 4.90 Å². The Kier molecular flexibility index (Phi) is 6.58. The van der Waals surface area contributed by atoms with E-state index in [2.05, 4.69) is 71.6 Å². The van der Waals surface area contributed by atoms with Crippen molar-refractivity contribution in [1.29, 1.82) is 0 Å². The van der Waals surface area contributed by atoms with Crippen molar-refractivity contribution in [3.05, 3.63) is 82.3 Å². The van der Waals surface area contributed by atoms with Crippen LogP contribution in [0, 0.1) is 0 Å². The van der Waals surface area contributed by atoms with Crippen molar-refractivity contribution in [1.82, 2.24) is 4.90 Å². The molecule has 0 aromatic heterocycles. The largest absolute Gasteiger partial charge is 0.480 e. The molecule has 1 N–H and O–H groups in total. The summed E-state index contributed by atoms with van der Waals surface area (Å²) < 4.78 is 0.289. The van der Waals surface area contributed by atoms with E-state index in [4.69, 9.17) is 17.3 Å². The topological polar surface area (TPSA) is 60.9 Å². The van der Waals surface area contributed by atoms with Crippen LogP contribution in [0.5, 0.6) is 0 Å². The van der Waals surface area contributed by atoms with Gasteiger partial charge in [-0.05, 0) is 83.6 Å². The molecule has 2 fully saturated rings. The molecule has 2 atom stereocenters. The summed E-state index contributed by atoms with van der Waals surface area (Å²) >= 11 is 6.43. The second-order valence-electron chi connectivity index (χ2n) is 10.1. The van der Waals surface area contributed by atoms with Gasteiger partial charge in [-0.2, -0.15) is 0 Å². The van der Waals surface area contributed by atoms with Gasteiger partial charge in [0, 0.05) is 23.3 Å². The Balaban J connectivity index is 1.36. The third kappa shape index (κ3) is 4.44. The lowest BCUT2D eigenvalue weighted by atomic mass is 9.82. The van der Waals surface area contributed by atoms with Crippen LogP contribution in [0.2, 0.25) is 0 Å². The quantitative estimate of drug-likeness (QED) is 0.270. The molecule has 3 aromatic carbocycles. The highest BCUT2D eigenvalue weighted by Gasteiger charge is 2.40. The second kappa shape index (κ2) is 10.0. The summed E-state index contributed by atoms with van der Waals surface area (Å²) in [5, 5.41) is 11.6. The summed E-state index contributed by atoms with van der Waals surface area (Å²) in [6, 6.07) is 20.2. The maximum absolute atomic E-state index is 12.8. The number of carbonyl (C=O) groups is 2. The van der Waals surface area contributed by atoms with Crippen LogP contribution in [-0.2, 0) is 9.59 Å². The van der Waals surface area contributed by atoms with E-state index in [1.165, 1.54) is 57.9 Å². The number of aliphatic carboxylic acids is 1. The molecule has 1 amide bonds. The molecule has 3 aromatic rings. The van der Waals surface area contributed by atoms with E-state index in [1.54, 1.807) is 0 Å². The molecular weight excluding hydrogens is 512 g/mol. The predicted molar refractivity (Wildman–Crippen MR) is 160 cm³/mol. The van der Waals surface area contributed by atoms with E-state index >= 15 is 0 Å². The van der Waals surface area contributed by atoms with E-state index in [1.807, 2.05) is 13.0 Å². The number of benzene rings is 3. The summed E-state index contributed by atoms with van der Waals surface area (Å²) in [5.74, 6) is -0.967. The van der Waals surface area contributed by atoms with E-state index in [-0.39, 0.29) is 10.2 Å². The zero-order valence-corrected chi connectivity index (χ0v) is 22.7. The summed E-state index contributed by atoms with van der Waals surface area (Å²) in [6.07, 6.45) is 10.8. The highest BCUT2D eigenvalue weighted by Crippen LogP contribution is 2.51. The first-order valence-electron chi connectivity index (χ1n) is 13.0. The number of rotatable bonds is 5. The predicted octanol–water partition coefficient (Wildman–Crippen LogP) is 7.34. The molecule has 0 radical (unpaired) electrons. The fraction of sp³-hybridized carbons (Fsp3) is 0.258. The molecule has 5 nitrogen and oxygen atoms in total. The van der Waals surface area contributed by atoms with Crippen molar-refractivity contribution in [3.8, 4) is 0 Å². The lowest BCUT2D eigenvalue weighted by Gasteiger charge is -2.33. The average Bonchev–Trinajstić information content (AvgIpc) is 3.37. The van der Waals surface area contributed by atoms with Crippen molar-refractivity contribution in [2.75, 3.05) is 11.4 Å². The number of anilines is 2. The maximum atomic E-state index is 12.8. The number of hydrogen-bond donors (Lipinski definition) is 1. The summed E-state index contributed by atoms with van der Waals surface area (Å²) in [4.78, 5) is 28.1. The highest BCUT2D eigenvalue weighted by atomic mass is 32.2. The Morgan fingerprint density at radius 3 is 2.63 bits per heavy atom. The fourth-order valence-corrected chi connectivity index (χ4v) is 7.35. The van der Waals surface area contributed by atoms with Gasteiger partial charge < -0.3 is 10.0 Å². The monoisotopic (exact) mass is 540 g/mol. The Labute approximate surface area is 231 Å². The number of amides is 1. The summed E-state index contributed by atoms with van der Waals surface area (Å²) in [7, 11) is 0. The molecule has 1 saturated heterocycles. The molecule has 2 aliphatic heterocycles. The van der Waals surface area contributed by atoms with Crippen molar-refractivity contribution in [2.24, 2.45) is 0 Å². The number of thiocarbonyl (C=S) groups is 1. The zero-order chi connectivity index (χ0) is 26.4. The fourth-order valence-electron chi connectivity index (χ4n) is 6.09. The molecule has 2 unspecified atom stereocenters. The van der Waals surface area contributed by atoms with Crippen molar-refractivity contribution < 1.29 is 14.7 Å². The van der Waals surface area contributed by atoms with Crippen LogP contribution >= 0.6 is 24.0 Å². The van der Waals surface area contributed by atoms with Gasteiger partial charge in [0.05, 0.1) is 4.91 Å². The van der Waals surface area contributed by atoms with Gasteiger partial charge in [0.2, 0.25) is 0 Å². The van der Waals surface area contributed by atoms with Crippen LogP contribution in [0.25, 0.3) is 22.9 Å². The standard InChI is InChI=1S/C31H28N2O3S2/c1-2-5-19-8-10-22-17-23(12-11-21(22)14-19)33-26-7-4-3-6-24(26)25-15-20(9-13-27(25)33)16-28-30(36)32(18-29(34)35)31(37)38-28/h2,5,8-17,24,26H,3-4,6-7,18H2,1H3,(H,34,35)/b5-2?,28-16-. The molecule has 38 heavy (non-hydrogen) atoms. The molecule has 0 bridgehead atoms. The molecule has 3 aliphatic rings. The first-order valence-corrected chi connectivity index (χ1v) is 14.2. The number of thioether (sulfide) groups is 1. The Morgan fingerprint density at radius 2 is 1.82 bits per heavy atom. The minimum atomic E-state index is -1.07. The first-order chi connectivity index (χ1) is 18.4. The Morgan fingerprint density at radius 1 is 1.05 bits per heavy atom. The van der Waals surface area contributed by atoms with Gasteiger partial charge in [0.15, 0.2) is 0 Å². The van der Waals surface area contributed by atoms with Gasteiger partial charge >= 0.3 is 5.97 Å². The van der Waals surface area contributed by atoms with Crippen LogP contribution in [0.15, 0.2) is 65.6 Å². The molecule has 192 valence electrons. The van der Waals surface area contributed by atoms with E-state index in [0.29, 0.717) is 16.9 Å². The molecule has 1 aliphatic carbocycles. The SMILES string of the molecule is CC=Cc1ccc2cc(N3c4ccc(/C=C5\SC(=S)N(CC(=O)O)C5=O)cc4C4CCCCC43)ccc2c1. The minimum absolute atomic E-state index is 0.289. The number of hydrogen-bond acceptors (Lipinski definition) is 5. The molecule has 2 heterocycles. The maximum Gasteiger partial charge on any atom is 0.323 e. The third-order valence-corrected chi connectivity index (χ3v) is 9.10.